The molecular weight excluding hydrogens is 611 g/mol. The monoisotopic (exact) mass is 650 g/mol. The molecule has 1 atom stereocenters. The maximum atomic E-state index is 16.9. The molecule has 0 radical (unpaired) electrons. The van der Waals surface area contributed by atoms with Gasteiger partial charge in [0.1, 0.15) is 23.6 Å². The second-order valence-electron chi connectivity index (χ2n) is 12.4. The van der Waals surface area contributed by atoms with Gasteiger partial charge in [-0.05, 0) is 76.1 Å². The fraction of sp³-hybridized carbons (Fsp3) is 0.545. The first kappa shape index (κ1) is 30.9. The molecule has 5 aliphatic heterocycles. The van der Waals surface area contributed by atoms with Crippen LogP contribution in [-0.2, 0) is 11.2 Å². The highest BCUT2D eigenvalue weighted by Crippen LogP contribution is 2.41. The molecule has 11 nitrogen and oxygen atoms in total. The Balaban J connectivity index is 0.00000166. The van der Waals surface area contributed by atoms with E-state index in [2.05, 4.69) is 30.4 Å². The first-order valence-electron chi connectivity index (χ1n) is 16.6. The summed E-state index contributed by atoms with van der Waals surface area (Å²) in [6.45, 7) is 8.00. The van der Waals surface area contributed by atoms with Gasteiger partial charge < -0.3 is 19.7 Å². The zero-order valence-corrected chi connectivity index (χ0v) is 27.1. The molecule has 3 aromatic heterocycles. The van der Waals surface area contributed by atoms with Gasteiger partial charge in [-0.2, -0.15) is 15.1 Å². The van der Waals surface area contributed by atoms with Crippen LogP contribution in [0.25, 0.3) is 33.1 Å². The second-order valence-corrected chi connectivity index (χ2v) is 12.8. The molecule has 6 bridgehead atoms. The Morgan fingerprint density at radius 1 is 1.11 bits per heavy atom. The molecule has 3 saturated heterocycles. The normalized spacial score (nSPS) is 21.1. The van der Waals surface area contributed by atoms with Crippen LogP contribution in [0.4, 0.5) is 15.0 Å². The number of amides is 1. The molecular formula is C33H40ClFN8O3. The number of pyridine rings is 1. The number of aromatic nitrogens is 5. The van der Waals surface area contributed by atoms with Crippen molar-refractivity contribution in [1.82, 2.24) is 35.4 Å². The zero-order chi connectivity index (χ0) is 31.8. The predicted molar refractivity (Wildman–Crippen MR) is 175 cm³/mol. The SMILES string of the molecule is CC.O=C1NC2CCN(C2)c2nc(OCC34CCCN3CCC4)nc3c(F)c(ncc23)-c2c(c(Cl)cc3[nH]ncc23)CCCCO1. The third kappa shape index (κ3) is 5.49. The van der Waals surface area contributed by atoms with E-state index in [0.29, 0.717) is 72.7 Å². The number of nitrogens with one attached hydrogen (secondary N) is 2. The lowest BCUT2D eigenvalue weighted by molar-refractivity contribution is 0.108. The molecule has 1 amide bonds. The Morgan fingerprint density at radius 3 is 2.76 bits per heavy atom. The van der Waals surface area contributed by atoms with Crippen LogP contribution >= 0.6 is 11.6 Å². The van der Waals surface area contributed by atoms with Crippen LogP contribution in [0.2, 0.25) is 5.02 Å². The number of anilines is 1. The largest absolute Gasteiger partial charge is 0.461 e. The van der Waals surface area contributed by atoms with Gasteiger partial charge in [0, 0.05) is 35.3 Å². The average Bonchev–Trinajstić information content (AvgIpc) is 3.86. The highest BCUT2D eigenvalue weighted by atomic mass is 35.5. The third-order valence-corrected chi connectivity index (χ3v) is 10.2. The van der Waals surface area contributed by atoms with Crippen molar-refractivity contribution in [3.63, 3.8) is 0 Å². The van der Waals surface area contributed by atoms with E-state index in [9.17, 15) is 4.79 Å². The number of ether oxygens (including phenoxy) is 2. The second kappa shape index (κ2) is 12.8. The summed E-state index contributed by atoms with van der Waals surface area (Å²) in [5.74, 6) is -0.0165. The number of hydrogen-bond donors (Lipinski definition) is 2. The smallest absolute Gasteiger partial charge is 0.407 e. The van der Waals surface area contributed by atoms with Crippen LogP contribution in [0, 0.1) is 5.82 Å². The van der Waals surface area contributed by atoms with Crippen molar-refractivity contribution in [3.8, 4) is 17.3 Å². The van der Waals surface area contributed by atoms with Crippen LogP contribution in [-0.4, -0.2) is 87.1 Å². The number of H-pyrrole nitrogens is 1. The molecule has 0 aliphatic carbocycles. The van der Waals surface area contributed by atoms with Gasteiger partial charge >= 0.3 is 12.1 Å². The molecule has 2 N–H and O–H groups in total. The lowest BCUT2D eigenvalue weighted by Crippen LogP contribution is -2.43. The van der Waals surface area contributed by atoms with E-state index in [1.165, 1.54) is 0 Å². The molecule has 13 heteroatoms. The summed E-state index contributed by atoms with van der Waals surface area (Å²) >= 11 is 6.79. The summed E-state index contributed by atoms with van der Waals surface area (Å²) in [5, 5.41) is 11.8. The molecule has 1 unspecified atom stereocenters. The average molecular weight is 651 g/mol. The van der Waals surface area contributed by atoms with Crippen LogP contribution in [0.1, 0.15) is 64.4 Å². The van der Waals surface area contributed by atoms with Gasteiger partial charge in [0.15, 0.2) is 5.82 Å². The molecule has 0 spiro atoms. The summed E-state index contributed by atoms with van der Waals surface area (Å²) < 4.78 is 28.8. The molecule has 0 saturated carbocycles. The quantitative estimate of drug-likeness (QED) is 0.274. The highest BCUT2D eigenvalue weighted by Gasteiger charge is 2.45. The molecule has 5 aliphatic rings. The van der Waals surface area contributed by atoms with Crippen molar-refractivity contribution in [2.24, 2.45) is 0 Å². The Hall–Kier alpha value is -3.77. The number of hydrogen-bond acceptors (Lipinski definition) is 9. The van der Waals surface area contributed by atoms with Gasteiger partial charge in [0.05, 0.1) is 35.3 Å². The number of halogens is 2. The fourth-order valence-electron chi connectivity index (χ4n) is 7.63. The molecule has 4 aromatic rings. The minimum atomic E-state index is -0.555. The van der Waals surface area contributed by atoms with Crippen molar-refractivity contribution in [3.05, 3.63) is 34.9 Å². The Bertz CT molecular complexity index is 1760. The summed E-state index contributed by atoms with van der Waals surface area (Å²) in [6, 6.07) is 1.82. The van der Waals surface area contributed by atoms with Crippen molar-refractivity contribution in [2.75, 3.05) is 44.3 Å². The Labute approximate surface area is 272 Å². The van der Waals surface area contributed by atoms with Gasteiger partial charge in [-0.1, -0.05) is 25.4 Å². The van der Waals surface area contributed by atoms with E-state index in [1.807, 2.05) is 18.7 Å². The van der Waals surface area contributed by atoms with Crippen LogP contribution in [0.3, 0.4) is 0 Å². The first-order chi connectivity index (χ1) is 22.5. The van der Waals surface area contributed by atoms with Gasteiger partial charge in [-0.3, -0.25) is 15.0 Å². The van der Waals surface area contributed by atoms with Crippen molar-refractivity contribution >= 4 is 45.3 Å². The molecule has 46 heavy (non-hydrogen) atoms. The van der Waals surface area contributed by atoms with E-state index in [-0.39, 0.29) is 35.4 Å². The molecule has 3 fully saturated rings. The lowest BCUT2D eigenvalue weighted by atomic mass is 9.95. The van der Waals surface area contributed by atoms with E-state index >= 15 is 4.39 Å². The highest BCUT2D eigenvalue weighted by molar-refractivity contribution is 6.33. The number of aromatic amines is 1. The predicted octanol–water partition coefficient (Wildman–Crippen LogP) is 6.04. The number of carbonyl (C=O) groups excluding carboxylic acids is 1. The summed E-state index contributed by atoms with van der Waals surface area (Å²) in [6.07, 6.45) is 9.86. The van der Waals surface area contributed by atoms with Gasteiger partial charge in [-0.15, -0.1) is 0 Å². The van der Waals surface area contributed by atoms with Crippen molar-refractivity contribution in [2.45, 2.75) is 76.8 Å². The minimum absolute atomic E-state index is 0.0156. The van der Waals surface area contributed by atoms with Crippen LogP contribution in [0.5, 0.6) is 6.01 Å². The summed E-state index contributed by atoms with van der Waals surface area (Å²) in [5.41, 5.74) is 2.32. The maximum absolute atomic E-state index is 16.9. The number of nitrogens with zero attached hydrogens (tertiary/aromatic N) is 6. The van der Waals surface area contributed by atoms with E-state index in [1.54, 1.807) is 18.5 Å². The number of rotatable bonds is 3. The van der Waals surface area contributed by atoms with Gasteiger partial charge in [-0.25, -0.2) is 9.18 Å². The molecule has 244 valence electrons. The summed E-state index contributed by atoms with van der Waals surface area (Å²) in [4.78, 5) is 31.3. The molecule has 9 rings (SSSR count). The maximum Gasteiger partial charge on any atom is 0.407 e. The van der Waals surface area contributed by atoms with Gasteiger partial charge in [0.2, 0.25) is 0 Å². The van der Waals surface area contributed by atoms with Crippen molar-refractivity contribution < 1.29 is 18.7 Å². The third-order valence-electron chi connectivity index (χ3n) is 9.82. The fourth-order valence-corrected chi connectivity index (χ4v) is 7.92. The van der Waals surface area contributed by atoms with Crippen LogP contribution < -0.4 is 15.0 Å². The topological polar surface area (TPSA) is 121 Å². The summed E-state index contributed by atoms with van der Waals surface area (Å²) in [7, 11) is 0. The van der Waals surface area contributed by atoms with E-state index in [0.717, 1.165) is 49.7 Å². The number of benzene rings is 1. The first-order valence-corrected chi connectivity index (χ1v) is 16.9. The van der Waals surface area contributed by atoms with Crippen molar-refractivity contribution in [1.29, 1.82) is 0 Å². The minimum Gasteiger partial charge on any atom is -0.461 e. The molecule has 8 heterocycles. The Morgan fingerprint density at radius 2 is 1.93 bits per heavy atom. The number of carbonyl (C=O) groups is 1. The number of fused-ring (bicyclic) bond motifs is 9. The molecule has 1 aromatic carbocycles. The van der Waals surface area contributed by atoms with Gasteiger partial charge in [0.25, 0.3) is 0 Å². The van der Waals surface area contributed by atoms with E-state index in [4.69, 9.17) is 26.1 Å². The number of alkyl carbamates (subject to hydrolysis) is 1. The Kier molecular flexibility index (Phi) is 8.58. The standard InChI is InChI=1S/C31H34ClFN8O3.C2H6/c32-22-13-23-20(15-35-39-23)24-19(22)5-1-2-12-43-30(42)36-18-6-11-40(16-18)28-21-14-34-27(24)25(33)26(21)37-29(38-28)44-17-31-7-3-9-41(31)10-4-8-31;1-2/h13-15,18H,1-12,16-17H2,(H,35,39)(H,36,42);1-2H3. The van der Waals surface area contributed by atoms with E-state index < -0.39 is 11.9 Å². The lowest BCUT2D eigenvalue weighted by Gasteiger charge is -2.31. The zero-order valence-electron chi connectivity index (χ0n) is 26.4. The van der Waals surface area contributed by atoms with Crippen LogP contribution in [0.15, 0.2) is 18.5 Å².